The Morgan fingerprint density at radius 3 is 2.41 bits per heavy atom. The molecule has 4 rings (SSSR count). The van der Waals surface area contributed by atoms with Gasteiger partial charge in [0.25, 0.3) is 0 Å². The molecule has 1 aromatic carbocycles. The maximum absolute atomic E-state index is 12.2. The zero-order chi connectivity index (χ0) is 18.6. The number of hydrogen-bond acceptors (Lipinski definition) is 5. The number of rotatable bonds is 3. The summed E-state index contributed by atoms with van der Waals surface area (Å²) >= 11 is 5.92. The molecular formula is C19H18ClN5O2. The summed E-state index contributed by atoms with van der Waals surface area (Å²) in [4.78, 5) is 16.1. The number of halogens is 1. The molecule has 0 radical (unpaired) electrons. The number of urea groups is 1. The van der Waals surface area contributed by atoms with Gasteiger partial charge in [0.05, 0.1) is 12.0 Å². The Morgan fingerprint density at radius 2 is 1.78 bits per heavy atom. The lowest BCUT2D eigenvalue weighted by Gasteiger charge is -2.34. The summed E-state index contributed by atoms with van der Waals surface area (Å²) in [5, 5.41) is 12.1. The van der Waals surface area contributed by atoms with Gasteiger partial charge < -0.3 is 14.2 Å². The molecule has 1 aliphatic heterocycles. The molecule has 1 fully saturated rings. The van der Waals surface area contributed by atoms with Gasteiger partial charge in [-0.2, -0.15) is 0 Å². The first kappa shape index (κ1) is 17.4. The highest BCUT2D eigenvalue weighted by Crippen LogP contribution is 2.21. The Hall–Kier alpha value is -3.06. The molecule has 8 heteroatoms. The minimum Gasteiger partial charge on any atom is -0.449 e. The highest BCUT2D eigenvalue weighted by atomic mass is 35.5. The number of anilines is 2. The second-order valence-electron chi connectivity index (χ2n) is 6.17. The Bertz CT molecular complexity index is 889. The molecule has 0 aliphatic carbocycles. The molecule has 1 saturated heterocycles. The minimum atomic E-state index is -0.159. The first-order valence-corrected chi connectivity index (χ1v) is 9.01. The molecule has 2 amide bonds. The van der Waals surface area contributed by atoms with E-state index < -0.39 is 0 Å². The second-order valence-corrected chi connectivity index (χ2v) is 6.60. The van der Waals surface area contributed by atoms with Gasteiger partial charge in [0.15, 0.2) is 5.82 Å². The summed E-state index contributed by atoms with van der Waals surface area (Å²) < 4.78 is 5.14. The van der Waals surface area contributed by atoms with Crippen molar-refractivity contribution in [2.75, 3.05) is 36.4 Å². The normalized spacial score (nSPS) is 14.3. The van der Waals surface area contributed by atoms with Crippen LogP contribution in [0.4, 0.5) is 16.5 Å². The van der Waals surface area contributed by atoms with Crippen molar-refractivity contribution < 1.29 is 9.21 Å². The largest absolute Gasteiger partial charge is 0.449 e. The van der Waals surface area contributed by atoms with E-state index in [0.29, 0.717) is 37.1 Å². The number of nitrogens with one attached hydrogen (secondary N) is 1. The Balaban J connectivity index is 1.35. The van der Waals surface area contributed by atoms with Gasteiger partial charge >= 0.3 is 6.03 Å². The van der Waals surface area contributed by atoms with Gasteiger partial charge in [-0.1, -0.05) is 23.7 Å². The van der Waals surface area contributed by atoms with E-state index >= 15 is 0 Å². The van der Waals surface area contributed by atoms with E-state index in [4.69, 9.17) is 16.0 Å². The highest BCUT2D eigenvalue weighted by Gasteiger charge is 2.22. The number of amides is 2. The predicted octanol–water partition coefficient (Wildman–Crippen LogP) is 3.74. The smallest absolute Gasteiger partial charge is 0.324 e. The van der Waals surface area contributed by atoms with E-state index in [0.717, 1.165) is 17.1 Å². The number of aromatic nitrogens is 2. The first-order chi connectivity index (χ1) is 13.2. The summed E-state index contributed by atoms with van der Waals surface area (Å²) in [6, 6.07) is 14.7. The van der Waals surface area contributed by atoms with Gasteiger partial charge in [-0.3, -0.25) is 5.32 Å². The molecule has 3 aromatic rings. The third kappa shape index (κ3) is 4.03. The van der Waals surface area contributed by atoms with Crippen LogP contribution in [0.5, 0.6) is 0 Å². The molecule has 27 heavy (non-hydrogen) atoms. The van der Waals surface area contributed by atoms with E-state index in [2.05, 4.69) is 20.4 Å². The maximum atomic E-state index is 12.2. The lowest BCUT2D eigenvalue weighted by Crippen LogP contribution is -2.50. The number of hydrogen-bond donors (Lipinski definition) is 1. The van der Waals surface area contributed by atoms with Crippen LogP contribution in [0.25, 0.3) is 11.3 Å². The minimum absolute atomic E-state index is 0.159. The molecule has 1 aliphatic rings. The summed E-state index contributed by atoms with van der Waals surface area (Å²) in [6.45, 7) is 2.60. The van der Waals surface area contributed by atoms with Crippen molar-refractivity contribution >= 4 is 29.3 Å². The molecule has 0 atom stereocenters. The average molecular weight is 384 g/mol. The molecule has 138 valence electrons. The zero-order valence-electron chi connectivity index (χ0n) is 14.5. The number of carbonyl (C=O) groups is 1. The second kappa shape index (κ2) is 7.67. The summed E-state index contributed by atoms with van der Waals surface area (Å²) in [7, 11) is 0. The van der Waals surface area contributed by atoms with E-state index in [1.807, 2.05) is 36.4 Å². The van der Waals surface area contributed by atoms with Crippen molar-refractivity contribution in [3.05, 3.63) is 59.8 Å². The third-order valence-electron chi connectivity index (χ3n) is 4.43. The van der Waals surface area contributed by atoms with E-state index in [1.54, 1.807) is 17.0 Å². The van der Waals surface area contributed by atoms with Crippen LogP contribution in [-0.4, -0.2) is 47.3 Å². The van der Waals surface area contributed by atoms with Crippen molar-refractivity contribution in [3.63, 3.8) is 0 Å². The SMILES string of the molecule is O=C(Nc1ccco1)N1CCN(c2ccc(-c3ccc(Cl)cc3)nn2)CC1. The molecule has 0 unspecified atom stereocenters. The molecule has 0 bridgehead atoms. The molecule has 0 spiro atoms. The highest BCUT2D eigenvalue weighted by molar-refractivity contribution is 6.30. The van der Waals surface area contributed by atoms with Crippen molar-refractivity contribution in [2.45, 2.75) is 0 Å². The van der Waals surface area contributed by atoms with Crippen LogP contribution in [-0.2, 0) is 0 Å². The summed E-state index contributed by atoms with van der Waals surface area (Å²) in [6.07, 6.45) is 1.53. The third-order valence-corrected chi connectivity index (χ3v) is 4.68. The number of nitrogens with zero attached hydrogens (tertiary/aromatic N) is 4. The molecule has 1 N–H and O–H groups in total. The fourth-order valence-corrected chi connectivity index (χ4v) is 3.07. The van der Waals surface area contributed by atoms with E-state index in [1.165, 1.54) is 6.26 Å². The van der Waals surface area contributed by atoms with Crippen molar-refractivity contribution in [1.29, 1.82) is 0 Å². The molecular weight excluding hydrogens is 366 g/mol. The lowest BCUT2D eigenvalue weighted by molar-refractivity contribution is 0.207. The van der Waals surface area contributed by atoms with Gasteiger partial charge in [-0.15, -0.1) is 10.2 Å². The van der Waals surface area contributed by atoms with Gasteiger partial charge in [-0.25, -0.2) is 4.79 Å². The van der Waals surface area contributed by atoms with Crippen LogP contribution in [0.3, 0.4) is 0 Å². The Kier molecular flexibility index (Phi) is 4.93. The number of piperazine rings is 1. The molecule has 0 saturated carbocycles. The van der Waals surface area contributed by atoms with E-state index in [9.17, 15) is 4.79 Å². The molecule has 2 aromatic heterocycles. The van der Waals surface area contributed by atoms with Crippen LogP contribution >= 0.6 is 11.6 Å². The van der Waals surface area contributed by atoms with Crippen molar-refractivity contribution in [3.8, 4) is 11.3 Å². The number of benzene rings is 1. The first-order valence-electron chi connectivity index (χ1n) is 8.63. The number of furan rings is 1. The van der Waals surface area contributed by atoms with Crippen LogP contribution in [0, 0.1) is 0 Å². The van der Waals surface area contributed by atoms with Gasteiger partial charge in [0.1, 0.15) is 0 Å². The van der Waals surface area contributed by atoms with Crippen LogP contribution in [0.1, 0.15) is 0 Å². The topological polar surface area (TPSA) is 74.5 Å². The van der Waals surface area contributed by atoms with Gasteiger partial charge in [0.2, 0.25) is 5.88 Å². The van der Waals surface area contributed by atoms with E-state index in [-0.39, 0.29) is 6.03 Å². The summed E-state index contributed by atoms with van der Waals surface area (Å²) in [5.74, 6) is 1.25. The quantitative estimate of drug-likeness (QED) is 0.745. The fraction of sp³-hybridized carbons (Fsp3) is 0.211. The Morgan fingerprint density at radius 1 is 1.00 bits per heavy atom. The predicted molar refractivity (Wildman–Crippen MR) is 104 cm³/mol. The summed E-state index contributed by atoms with van der Waals surface area (Å²) in [5.41, 5.74) is 1.77. The van der Waals surface area contributed by atoms with Crippen molar-refractivity contribution in [2.24, 2.45) is 0 Å². The zero-order valence-corrected chi connectivity index (χ0v) is 15.3. The lowest BCUT2D eigenvalue weighted by atomic mass is 10.1. The van der Waals surface area contributed by atoms with Gasteiger partial charge in [0, 0.05) is 42.8 Å². The average Bonchev–Trinajstić information content (AvgIpc) is 3.22. The van der Waals surface area contributed by atoms with Gasteiger partial charge in [-0.05, 0) is 30.3 Å². The van der Waals surface area contributed by atoms with Crippen LogP contribution in [0.15, 0.2) is 59.2 Å². The standard InChI is InChI=1S/C19H18ClN5O2/c20-15-5-3-14(4-6-15)16-7-8-17(23-22-16)24-9-11-25(12-10-24)19(26)21-18-2-1-13-27-18/h1-8,13H,9-12H2,(H,21,26). The van der Waals surface area contributed by atoms with Crippen molar-refractivity contribution in [1.82, 2.24) is 15.1 Å². The fourth-order valence-electron chi connectivity index (χ4n) is 2.94. The number of carbonyl (C=O) groups excluding carboxylic acids is 1. The monoisotopic (exact) mass is 383 g/mol. The molecule has 3 heterocycles. The maximum Gasteiger partial charge on any atom is 0.324 e. The van der Waals surface area contributed by atoms with Crippen LogP contribution in [0.2, 0.25) is 5.02 Å². The van der Waals surface area contributed by atoms with Crippen LogP contribution < -0.4 is 10.2 Å². The molecule has 7 nitrogen and oxygen atoms in total. The Labute approximate surface area is 161 Å².